The number of hydrogen-bond donors (Lipinski definition) is 1. The fourth-order valence-electron chi connectivity index (χ4n) is 4.73. The molecular weight excluding hydrogens is 440 g/mol. The lowest BCUT2D eigenvalue weighted by atomic mass is 9.90. The second-order valence-electron chi connectivity index (χ2n) is 8.85. The Labute approximate surface area is 188 Å². The van der Waals surface area contributed by atoms with Crippen molar-refractivity contribution < 1.29 is 23.1 Å². The fraction of sp³-hybridized carbons (Fsp3) is 0.435. The van der Waals surface area contributed by atoms with E-state index in [1.807, 2.05) is 6.92 Å². The number of halogens is 3. The van der Waals surface area contributed by atoms with Crippen LogP contribution in [0.2, 0.25) is 5.02 Å². The number of rotatable bonds is 5. The fourth-order valence-corrected chi connectivity index (χ4v) is 4.88. The summed E-state index contributed by atoms with van der Waals surface area (Å²) in [6, 6.07) is 2.26. The van der Waals surface area contributed by atoms with Crippen LogP contribution in [0.5, 0.6) is 0 Å². The minimum absolute atomic E-state index is 0.0222. The normalized spacial score (nSPS) is 25.1. The third-order valence-corrected chi connectivity index (χ3v) is 6.86. The number of aromatic nitrogens is 1. The van der Waals surface area contributed by atoms with Crippen LogP contribution in [0.3, 0.4) is 0 Å². The van der Waals surface area contributed by atoms with Gasteiger partial charge in [-0.25, -0.2) is 8.78 Å². The lowest BCUT2D eigenvalue weighted by Crippen LogP contribution is -2.51. The van der Waals surface area contributed by atoms with E-state index in [0.717, 1.165) is 24.1 Å². The smallest absolute Gasteiger partial charge is 0.256 e. The predicted octanol–water partition coefficient (Wildman–Crippen LogP) is 3.43. The maximum absolute atomic E-state index is 14.6. The summed E-state index contributed by atoms with van der Waals surface area (Å²) in [5.74, 6) is -1.98. The molecule has 2 aromatic rings. The summed E-state index contributed by atoms with van der Waals surface area (Å²) in [5.41, 5.74) is 1.32. The van der Waals surface area contributed by atoms with Crippen molar-refractivity contribution in [3.63, 3.8) is 0 Å². The molecule has 0 spiro atoms. The molecule has 0 radical (unpaired) electrons. The Bertz CT molecular complexity index is 1090. The monoisotopic (exact) mass is 461 g/mol. The van der Waals surface area contributed by atoms with Gasteiger partial charge in [0.1, 0.15) is 17.7 Å². The van der Waals surface area contributed by atoms with Crippen LogP contribution in [0.15, 0.2) is 30.6 Å². The maximum Gasteiger partial charge on any atom is 0.256 e. The van der Waals surface area contributed by atoms with Gasteiger partial charge in [0.2, 0.25) is 5.91 Å². The van der Waals surface area contributed by atoms with E-state index < -0.39 is 23.7 Å². The van der Waals surface area contributed by atoms with Crippen molar-refractivity contribution in [1.82, 2.24) is 15.2 Å². The Kier molecular flexibility index (Phi) is 5.37. The summed E-state index contributed by atoms with van der Waals surface area (Å²) in [6.07, 6.45) is 4.58. The number of likely N-dealkylation sites (tertiary alicyclic amines) is 1. The van der Waals surface area contributed by atoms with Gasteiger partial charge in [-0.05, 0) is 49.4 Å². The third kappa shape index (κ3) is 3.75. The van der Waals surface area contributed by atoms with Gasteiger partial charge in [0.25, 0.3) is 5.91 Å². The second kappa shape index (κ2) is 8.08. The molecule has 2 amide bonds. The van der Waals surface area contributed by atoms with Crippen LogP contribution in [0.25, 0.3) is 0 Å². The van der Waals surface area contributed by atoms with E-state index in [2.05, 4.69) is 10.3 Å². The van der Waals surface area contributed by atoms with Crippen molar-refractivity contribution in [3.05, 3.63) is 63.9 Å². The van der Waals surface area contributed by atoms with Gasteiger partial charge in [-0.2, -0.15) is 0 Å². The summed E-state index contributed by atoms with van der Waals surface area (Å²) in [7, 11) is 0. The molecule has 4 atom stereocenters. The summed E-state index contributed by atoms with van der Waals surface area (Å²) >= 11 is 5.70. The van der Waals surface area contributed by atoms with Crippen LogP contribution >= 0.6 is 11.6 Å². The average Bonchev–Trinajstić information content (AvgIpc) is 3.38. The van der Waals surface area contributed by atoms with Crippen LogP contribution in [-0.2, 0) is 9.53 Å². The van der Waals surface area contributed by atoms with Crippen LogP contribution in [0, 0.1) is 30.4 Å². The van der Waals surface area contributed by atoms with E-state index in [1.165, 1.54) is 6.20 Å². The summed E-state index contributed by atoms with van der Waals surface area (Å²) in [5, 5.41) is 2.56. The van der Waals surface area contributed by atoms with Crippen molar-refractivity contribution >= 4 is 23.4 Å². The number of benzene rings is 1. The minimum atomic E-state index is -0.780. The number of piperidine rings is 1. The molecule has 32 heavy (non-hydrogen) atoms. The summed E-state index contributed by atoms with van der Waals surface area (Å²) < 4.78 is 34.0. The van der Waals surface area contributed by atoms with Gasteiger partial charge in [0.15, 0.2) is 0 Å². The molecule has 9 heteroatoms. The number of carbonyl (C=O) groups is 2. The first-order chi connectivity index (χ1) is 15.3. The number of carbonyl (C=O) groups excluding carboxylic acids is 2. The van der Waals surface area contributed by atoms with Crippen LogP contribution < -0.4 is 5.32 Å². The molecule has 1 saturated carbocycles. The quantitative estimate of drug-likeness (QED) is 0.692. The maximum atomic E-state index is 14.6. The second-order valence-corrected chi connectivity index (χ2v) is 9.26. The zero-order valence-corrected chi connectivity index (χ0v) is 18.1. The zero-order chi connectivity index (χ0) is 22.6. The predicted molar refractivity (Wildman–Crippen MR) is 112 cm³/mol. The van der Waals surface area contributed by atoms with E-state index in [0.29, 0.717) is 25.2 Å². The molecule has 1 N–H and O–H groups in total. The first-order valence-corrected chi connectivity index (χ1v) is 11.0. The molecule has 0 bridgehead atoms. The van der Waals surface area contributed by atoms with E-state index in [-0.39, 0.29) is 40.3 Å². The number of amides is 2. The number of fused-ring (bicyclic) bond motifs is 1. The first-order valence-electron chi connectivity index (χ1n) is 10.6. The highest BCUT2D eigenvalue weighted by Crippen LogP contribution is 2.48. The first kappa shape index (κ1) is 21.3. The molecule has 168 valence electrons. The molecule has 1 aromatic heterocycles. The van der Waals surface area contributed by atoms with Gasteiger partial charge in [-0.15, -0.1) is 0 Å². The molecule has 3 heterocycles. The van der Waals surface area contributed by atoms with Crippen molar-refractivity contribution in [1.29, 1.82) is 0 Å². The molecule has 1 unspecified atom stereocenters. The van der Waals surface area contributed by atoms with Gasteiger partial charge in [0, 0.05) is 29.9 Å². The minimum Gasteiger partial charge on any atom is -0.381 e. The molecule has 5 rings (SSSR count). The molecule has 2 aliphatic heterocycles. The number of nitrogens with zero attached hydrogens (tertiary/aromatic N) is 2. The van der Waals surface area contributed by atoms with Gasteiger partial charge in [-0.1, -0.05) is 11.6 Å². The van der Waals surface area contributed by atoms with Crippen molar-refractivity contribution in [3.8, 4) is 0 Å². The van der Waals surface area contributed by atoms with Gasteiger partial charge in [0.05, 0.1) is 29.8 Å². The number of pyridine rings is 1. The molecule has 3 fully saturated rings. The summed E-state index contributed by atoms with van der Waals surface area (Å²) in [6.45, 7) is 2.49. The molecular formula is C23H22ClF2N3O3. The largest absolute Gasteiger partial charge is 0.381 e. The van der Waals surface area contributed by atoms with Gasteiger partial charge in [-0.3, -0.25) is 14.6 Å². The lowest BCUT2D eigenvalue weighted by molar-refractivity contribution is -0.128. The standard InChI is InChI=1S/C23H22ClF2N3O3/c1-11-2-13(8-27-7-11)23(31)29-19-3-12(19)4-20(29)22(30)28-21(14-9-32-10-14)15-5-18(26)16(24)6-17(15)25/h2,5-8,12,14,19-21H,3-4,9-10H2,1H3,(H,28,30)/t12-,19-,20-,21?/m1/s1. The topological polar surface area (TPSA) is 71.5 Å². The van der Waals surface area contributed by atoms with Gasteiger partial charge >= 0.3 is 0 Å². The Morgan fingerprint density at radius 1 is 1.19 bits per heavy atom. The van der Waals surface area contributed by atoms with Crippen LogP contribution in [-0.4, -0.2) is 47.0 Å². The number of aryl methyl sites for hydroxylation is 1. The van der Waals surface area contributed by atoms with E-state index in [9.17, 15) is 18.4 Å². The van der Waals surface area contributed by atoms with E-state index >= 15 is 0 Å². The van der Waals surface area contributed by atoms with Crippen molar-refractivity contribution in [2.75, 3.05) is 13.2 Å². The van der Waals surface area contributed by atoms with E-state index in [1.54, 1.807) is 17.2 Å². The van der Waals surface area contributed by atoms with Gasteiger partial charge < -0.3 is 15.0 Å². The molecule has 1 aromatic carbocycles. The van der Waals surface area contributed by atoms with Crippen molar-refractivity contribution in [2.45, 2.75) is 37.9 Å². The highest BCUT2D eigenvalue weighted by Gasteiger charge is 2.56. The summed E-state index contributed by atoms with van der Waals surface area (Å²) in [4.78, 5) is 32.2. The molecule has 6 nitrogen and oxygen atoms in total. The average molecular weight is 462 g/mol. The highest BCUT2D eigenvalue weighted by atomic mass is 35.5. The number of ether oxygens (including phenoxy) is 1. The number of hydrogen-bond acceptors (Lipinski definition) is 4. The van der Waals surface area contributed by atoms with Crippen molar-refractivity contribution in [2.24, 2.45) is 11.8 Å². The van der Waals surface area contributed by atoms with Crippen LogP contribution in [0.4, 0.5) is 8.78 Å². The Balaban J connectivity index is 1.40. The molecule has 1 aliphatic carbocycles. The zero-order valence-electron chi connectivity index (χ0n) is 17.4. The Hall–Kier alpha value is -2.58. The molecule has 2 saturated heterocycles. The SMILES string of the molecule is Cc1cncc(C(=O)N2[C@@H](C(=O)NC(c3cc(F)c(Cl)cc3F)C3COC3)C[C@H]3C[C@H]32)c1. The lowest BCUT2D eigenvalue weighted by Gasteiger charge is -2.36. The van der Waals surface area contributed by atoms with Crippen LogP contribution in [0.1, 0.15) is 40.4 Å². The Morgan fingerprint density at radius 3 is 2.66 bits per heavy atom. The molecule has 3 aliphatic rings. The third-order valence-electron chi connectivity index (χ3n) is 6.57. The van der Waals surface area contributed by atoms with E-state index in [4.69, 9.17) is 16.3 Å². The Morgan fingerprint density at radius 2 is 1.97 bits per heavy atom. The number of nitrogens with one attached hydrogen (secondary N) is 1. The highest BCUT2D eigenvalue weighted by molar-refractivity contribution is 6.30.